The molecular weight excluding hydrogens is 344 g/mol. The number of amides is 1. The highest BCUT2D eigenvalue weighted by Gasteiger charge is 2.21. The third kappa shape index (κ3) is 6.86. The van der Waals surface area contributed by atoms with Gasteiger partial charge in [0.05, 0.1) is 12.2 Å². The second-order valence-electron chi connectivity index (χ2n) is 7.93. The van der Waals surface area contributed by atoms with Gasteiger partial charge in [0.15, 0.2) is 5.96 Å². The maximum absolute atomic E-state index is 11.9. The summed E-state index contributed by atoms with van der Waals surface area (Å²) >= 11 is 0. The molecule has 0 aromatic carbocycles. The zero-order valence-corrected chi connectivity index (χ0v) is 17.3. The Morgan fingerprint density at radius 3 is 2.52 bits per heavy atom. The Bertz CT molecular complexity index is 626. The number of rotatable bonds is 6. The largest absolute Gasteiger partial charge is 0.361 e. The topological polar surface area (TPSA) is 86.0 Å². The van der Waals surface area contributed by atoms with E-state index in [0.717, 1.165) is 56.7 Å². The summed E-state index contributed by atoms with van der Waals surface area (Å²) in [4.78, 5) is 21.2. The number of carbonyl (C=O) groups excluding carboxylic acids is 1. The molecule has 1 aliphatic rings. The normalized spacial score (nSPS) is 16.5. The fourth-order valence-electron chi connectivity index (χ4n) is 2.86. The lowest BCUT2D eigenvalue weighted by Crippen LogP contribution is -2.52. The Hall–Kier alpha value is -2.09. The Labute approximate surface area is 162 Å². The van der Waals surface area contributed by atoms with E-state index >= 15 is 0 Å². The van der Waals surface area contributed by atoms with Crippen LogP contribution in [-0.2, 0) is 11.3 Å². The number of piperazine rings is 1. The molecule has 27 heavy (non-hydrogen) atoms. The van der Waals surface area contributed by atoms with E-state index in [9.17, 15) is 4.79 Å². The van der Waals surface area contributed by atoms with Gasteiger partial charge in [-0.2, -0.15) is 0 Å². The van der Waals surface area contributed by atoms with Gasteiger partial charge in [-0.25, -0.2) is 0 Å². The van der Waals surface area contributed by atoms with E-state index in [1.165, 1.54) is 0 Å². The molecule has 0 unspecified atom stereocenters. The molecule has 2 rings (SSSR count). The predicted octanol–water partition coefficient (Wildman–Crippen LogP) is 1.23. The number of aryl methyl sites for hydroxylation is 1. The number of nitrogens with zero attached hydrogens (tertiary/aromatic N) is 4. The van der Waals surface area contributed by atoms with Crippen molar-refractivity contribution >= 4 is 11.9 Å². The van der Waals surface area contributed by atoms with Crippen molar-refractivity contribution in [1.82, 2.24) is 25.6 Å². The van der Waals surface area contributed by atoms with Crippen LogP contribution in [0.15, 0.2) is 15.6 Å². The van der Waals surface area contributed by atoms with Crippen LogP contribution in [0, 0.1) is 12.3 Å². The first-order chi connectivity index (χ1) is 12.8. The molecule has 8 heteroatoms. The van der Waals surface area contributed by atoms with Gasteiger partial charge in [0, 0.05) is 57.3 Å². The molecule has 152 valence electrons. The van der Waals surface area contributed by atoms with Crippen LogP contribution in [-0.4, -0.2) is 72.6 Å². The van der Waals surface area contributed by atoms with Crippen LogP contribution in [0.2, 0.25) is 0 Å². The molecular formula is C19H34N6O2. The Balaban J connectivity index is 1.80. The zero-order valence-electron chi connectivity index (χ0n) is 17.3. The first kappa shape index (κ1) is 21.2. The minimum atomic E-state index is -0.368. The van der Waals surface area contributed by atoms with E-state index in [-0.39, 0.29) is 11.3 Å². The lowest BCUT2D eigenvalue weighted by molar-refractivity contribution is -0.128. The summed E-state index contributed by atoms with van der Waals surface area (Å²) in [7, 11) is 0. The number of aromatic nitrogens is 1. The first-order valence-corrected chi connectivity index (χ1v) is 9.75. The van der Waals surface area contributed by atoms with Crippen LogP contribution in [0.3, 0.4) is 0 Å². The molecule has 2 N–H and O–H groups in total. The molecule has 0 atom stereocenters. The van der Waals surface area contributed by atoms with Gasteiger partial charge in [0.25, 0.3) is 0 Å². The van der Waals surface area contributed by atoms with Crippen LogP contribution in [0.25, 0.3) is 0 Å². The molecule has 0 spiro atoms. The third-order valence-corrected chi connectivity index (χ3v) is 4.41. The third-order valence-electron chi connectivity index (χ3n) is 4.41. The highest BCUT2D eigenvalue weighted by Crippen LogP contribution is 2.12. The smallest absolute Gasteiger partial charge is 0.225 e. The molecule has 1 saturated heterocycles. The second-order valence-corrected chi connectivity index (χ2v) is 7.93. The summed E-state index contributed by atoms with van der Waals surface area (Å²) in [5, 5.41) is 10.4. The Morgan fingerprint density at radius 2 is 1.96 bits per heavy atom. The number of hydrogen-bond acceptors (Lipinski definition) is 5. The van der Waals surface area contributed by atoms with Crippen molar-refractivity contribution in [3.05, 3.63) is 17.5 Å². The summed E-state index contributed by atoms with van der Waals surface area (Å²) < 4.78 is 5.14. The van der Waals surface area contributed by atoms with Crippen molar-refractivity contribution in [3.8, 4) is 0 Å². The number of carbonyl (C=O) groups is 1. The van der Waals surface area contributed by atoms with Crippen LogP contribution >= 0.6 is 0 Å². The average molecular weight is 379 g/mol. The van der Waals surface area contributed by atoms with Crippen LogP contribution in [0.4, 0.5) is 0 Å². The molecule has 8 nitrogen and oxygen atoms in total. The molecule has 0 bridgehead atoms. The van der Waals surface area contributed by atoms with Gasteiger partial charge in [-0.1, -0.05) is 25.9 Å². The van der Waals surface area contributed by atoms with E-state index in [2.05, 4.69) is 37.5 Å². The van der Waals surface area contributed by atoms with Gasteiger partial charge >= 0.3 is 0 Å². The minimum absolute atomic E-state index is 0.0550. The lowest BCUT2D eigenvalue weighted by atomic mass is 9.96. The Kier molecular flexibility index (Phi) is 7.65. The maximum atomic E-state index is 11.9. The summed E-state index contributed by atoms with van der Waals surface area (Å²) in [6, 6.07) is 1.99. The lowest BCUT2D eigenvalue weighted by Gasteiger charge is -2.36. The minimum Gasteiger partial charge on any atom is -0.361 e. The highest BCUT2D eigenvalue weighted by atomic mass is 16.5. The fraction of sp³-hybridized carbons (Fsp3) is 0.737. The number of hydrogen-bond donors (Lipinski definition) is 2. The van der Waals surface area contributed by atoms with Gasteiger partial charge in [-0.15, -0.1) is 0 Å². The molecule has 2 heterocycles. The molecule has 1 fully saturated rings. The predicted molar refractivity (Wildman–Crippen MR) is 107 cm³/mol. The zero-order chi connectivity index (χ0) is 19.9. The molecule has 1 amide bonds. The molecule has 1 aromatic heterocycles. The fourth-order valence-corrected chi connectivity index (χ4v) is 2.86. The summed E-state index contributed by atoms with van der Waals surface area (Å²) in [6.45, 7) is 16.2. The van der Waals surface area contributed by atoms with Gasteiger partial charge in [-0.05, 0) is 13.8 Å². The molecule has 0 aliphatic carbocycles. The van der Waals surface area contributed by atoms with Crippen molar-refractivity contribution in [2.45, 2.75) is 41.2 Å². The number of nitrogens with one attached hydrogen (secondary N) is 2. The number of guanidine groups is 1. The van der Waals surface area contributed by atoms with E-state index in [0.29, 0.717) is 13.1 Å². The Morgan fingerprint density at radius 1 is 1.26 bits per heavy atom. The molecule has 0 saturated carbocycles. The van der Waals surface area contributed by atoms with E-state index in [1.54, 1.807) is 0 Å². The molecule has 0 radical (unpaired) electrons. The summed E-state index contributed by atoms with van der Waals surface area (Å²) in [6.07, 6.45) is 0. The van der Waals surface area contributed by atoms with E-state index in [1.807, 2.05) is 33.8 Å². The van der Waals surface area contributed by atoms with E-state index in [4.69, 9.17) is 4.52 Å². The van der Waals surface area contributed by atoms with Crippen LogP contribution in [0.5, 0.6) is 0 Å². The van der Waals surface area contributed by atoms with Gasteiger partial charge in [0.2, 0.25) is 5.91 Å². The maximum Gasteiger partial charge on any atom is 0.225 e. The first-order valence-electron chi connectivity index (χ1n) is 9.75. The van der Waals surface area contributed by atoms with Crippen molar-refractivity contribution in [1.29, 1.82) is 0 Å². The van der Waals surface area contributed by atoms with Crippen LogP contribution < -0.4 is 10.6 Å². The van der Waals surface area contributed by atoms with Crippen LogP contribution in [0.1, 0.15) is 39.1 Å². The average Bonchev–Trinajstić information content (AvgIpc) is 3.02. The molecule has 1 aliphatic heterocycles. The monoisotopic (exact) mass is 378 g/mol. The van der Waals surface area contributed by atoms with Crippen molar-refractivity contribution in [3.63, 3.8) is 0 Å². The van der Waals surface area contributed by atoms with Gasteiger partial charge in [-0.3, -0.25) is 14.7 Å². The van der Waals surface area contributed by atoms with Crippen molar-refractivity contribution in [2.75, 3.05) is 45.8 Å². The SMILES string of the molecule is CCNC(=NCCNC(=O)C(C)(C)C)N1CCN(Cc2cc(C)on2)CC1. The van der Waals surface area contributed by atoms with Crippen molar-refractivity contribution in [2.24, 2.45) is 10.4 Å². The van der Waals surface area contributed by atoms with E-state index < -0.39 is 0 Å². The quantitative estimate of drug-likeness (QED) is 0.440. The second kappa shape index (κ2) is 9.73. The molecule has 1 aromatic rings. The van der Waals surface area contributed by atoms with Gasteiger partial charge < -0.3 is 20.1 Å². The number of aliphatic imine (C=N–C) groups is 1. The van der Waals surface area contributed by atoms with Crippen molar-refractivity contribution < 1.29 is 9.32 Å². The van der Waals surface area contributed by atoms with Gasteiger partial charge in [0.1, 0.15) is 5.76 Å². The summed E-state index contributed by atoms with van der Waals surface area (Å²) in [5.41, 5.74) is 0.614. The standard InChI is InChI=1S/C19H34N6O2/c1-6-20-18(22-8-7-21-17(26)19(3,4)5)25-11-9-24(10-12-25)14-16-13-15(2)27-23-16/h13H,6-12,14H2,1-5H3,(H,20,22)(H,21,26). The summed E-state index contributed by atoms with van der Waals surface area (Å²) in [5.74, 6) is 1.82. The highest BCUT2D eigenvalue weighted by molar-refractivity contribution is 5.81.